The summed E-state index contributed by atoms with van der Waals surface area (Å²) < 4.78 is 4.87. The predicted molar refractivity (Wildman–Crippen MR) is 55.9 cm³/mol. The van der Waals surface area contributed by atoms with E-state index in [0.717, 1.165) is 0 Å². The lowest BCUT2D eigenvalue weighted by Gasteiger charge is -2.02. The van der Waals surface area contributed by atoms with E-state index in [-0.39, 0.29) is 11.3 Å². The summed E-state index contributed by atoms with van der Waals surface area (Å²) in [5.74, 6) is 0.0113. The maximum absolute atomic E-state index is 10.8. The second kappa shape index (κ2) is 4.84. The second-order valence-electron chi connectivity index (χ2n) is 2.18. The zero-order valence-corrected chi connectivity index (χ0v) is 9.49. The number of carbonyl (C=O) groups is 1. The normalized spacial score (nSPS) is 9.77. The van der Waals surface area contributed by atoms with Crippen molar-refractivity contribution in [3.8, 4) is 5.75 Å². The van der Waals surface area contributed by atoms with Gasteiger partial charge in [-0.2, -0.15) is 0 Å². The Labute approximate surface area is 93.9 Å². The smallest absolute Gasteiger partial charge is 0.321 e. The topological polar surface area (TPSA) is 26.3 Å². The number of halogens is 3. The molecule has 0 unspecified atom stereocenters. The summed E-state index contributed by atoms with van der Waals surface area (Å²) in [5.41, 5.74) is 0. The zero-order valence-electron chi connectivity index (χ0n) is 6.39. The highest BCUT2D eigenvalue weighted by molar-refractivity contribution is 9.09. The van der Waals surface area contributed by atoms with Crippen LogP contribution in [0.15, 0.2) is 18.2 Å². The molecule has 0 saturated carbocycles. The van der Waals surface area contributed by atoms with Gasteiger partial charge in [0.25, 0.3) is 0 Å². The highest BCUT2D eigenvalue weighted by atomic mass is 79.9. The van der Waals surface area contributed by atoms with E-state index in [1.807, 2.05) is 0 Å². The number of esters is 1. The lowest BCUT2D eigenvalue weighted by Crippen LogP contribution is -2.08. The van der Waals surface area contributed by atoms with Crippen LogP contribution in [0.2, 0.25) is 10.0 Å². The van der Waals surface area contributed by atoms with Gasteiger partial charge in [-0.25, -0.2) is 0 Å². The first-order valence-corrected chi connectivity index (χ1v) is 5.23. The number of hydrogen-bond donors (Lipinski definition) is 0. The Morgan fingerprint density at radius 3 is 2.62 bits per heavy atom. The molecule has 5 heteroatoms. The maximum Gasteiger partial charge on any atom is 0.321 e. The van der Waals surface area contributed by atoms with Crippen molar-refractivity contribution in [2.45, 2.75) is 0 Å². The van der Waals surface area contributed by atoms with Gasteiger partial charge < -0.3 is 4.74 Å². The van der Waals surface area contributed by atoms with Crippen molar-refractivity contribution in [1.29, 1.82) is 0 Å². The molecule has 70 valence electrons. The third-order valence-electron chi connectivity index (χ3n) is 1.23. The van der Waals surface area contributed by atoms with Crippen LogP contribution in [-0.2, 0) is 4.79 Å². The first-order valence-electron chi connectivity index (χ1n) is 3.35. The van der Waals surface area contributed by atoms with Crippen LogP contribution in [-0.4, -0.2) is 11.3 Å². The molecule has 0 aliphatic heterocycles. The van der Waals surface area contributed by atoms with E-state index >= 15 is 0 Å². The number of rotatable bonds is 2. The van der Waals surface area contributed by atoms with Crippen LogP contribution in [0.5, 0.6) is 5.75 Å². The van der Waals surface area contributed by atoms with Crippen molar-refractivity contribution in [2.24, 2.45) is 0 Å². The van der Waals surface area contributed by atoms with E-state index in [9.17, 15) is 4.79 Å². The highest BCUT2D eigenvalue weighted by Crippen LogP contribution is 2.26. The molecule has 0 aliphatic carbocycles. The monoisotopic (exact) mass is 282 g/mol. The minimum atomic E-state index is -0.376. The summed E-state index contributed by atoms with van der Waals surface area (Å²) in [5, 5.41) is 0.939. The van der Waals surface area contributed by atoms with Crippen molar-refractivity contribution < 1.29 is 9.53 Å². The SMILES string of the molecule is O=C(CBr)Oc1ccc(Cl)c(Cl)c1. The molecule has 0 spiro atoms. The molecule has 0 N–H and O–H groups in total. The van der Waals surface area contributed by atoms with E-state index in [2.05, 4.69) is 15.9 Å². The van der Waals surface area contributed by atoms with Crippen LogP contribution >= 0.6 is 39.1 Å². The summed E-state index contributed by atoms with van der Waals surface area (Å²) in [6.07, 6.45) is 0. The Balaban J connectivity index is 2.79. The van der Waals surface area contributed by atoms with E-state index < -0.39 is 0 Å². The number of ether oxygens (including phenoxy) is 1. The zero-order chi connectivity index (χ0) is 9.84. The summed E-state index contributed by atoms with van der Waals surface area (Å²) in [6, 6.07) is 4.64. The van der Waals surface area contributed by atoms with Crippen LogP contribution in [0.1, 0.15) is 0 Å². The summed E-state index contributed by atoms with van der Waals surface area (Å²) in [7, 11) is 0. The number of hydrogen-bond acceptors (Lipinski definition) is 2. The molecule has 0 atom stereocenters. The fourth-order valence-corrected chi connectivity index (χ4v) is 1.10. The molecule has 0 heterocycles. The van der Waals surface area contributed by atoms with Crippen LogP contribution in [0.3, 0.4) is 0 Å². The fraction of sp³-hybridized carbons (Fsp3) is 0.125. The maximum atomic E-state index is 10.8. The third-order valence-corrected chi connectivity index (χ3v) is 2.43. The molecular formula is C8H5BrCl2O2. The van der Waals surface area contributed by atoms with E-state index in [1.165, 1.54) is 6.07 Å². The van der Waals surface area contributed by atoms with E-state index in [0.29, 0.717) is 15.8 Å². The minimum Gasteiger partial charge on any atom is -0.426 e. The molecule has 1 rings (SSSR count). The molecule has 0 radical (unpaired) electrons. The molecule has 0 aliphatic rings. The van der Waals surface area contributed by atoms with Crippen molar-refractivity contribution in [3.63, 3.8) is 0 Å². The molecule has 0 aromatic heterocycles. The number of benzene rings is 1. The number of alkyl halides is 1. The van der Waals surface area contributed by atoms with Gasteiger partial charge in [-0.05, 0) is 12.1 Å². The third kappa shape index (κ3) is 3.18. The quantitative estimate of drug-likeness (QED) is 0.473. The Kier molecular flexibility index (Phi) is 4.03. The molecule has 1 aromatic carbocycles. The second-order valence-corrected chi connectivity index (χ2v) is 3.56. The van der Waals surface area contributed by atoms with Gasteiger partial charge >= 0.3 is 5.97 Å². The predicted octanol–water partition coefficient (Wildman–Crippen LogP) is 3.29. The van der Waals surface area contributed by atoms with Gasteiger partial charge in [0.1, 0.15) is 11.1 Å². The Morgan fingerprint density at radius 2 is 2.08 bits per heavy atom. The first kappa shape index (κ1) is 10.8. The molecule has 0 bridgehead atoms. The standard InChI is InChI=1S/C8H5BrCl2O2/c9-4-8(12)13-5-1-2-6(10)7(11)3-5/h1-3H,4H2. The Hall–Kier alpha value is -0.250. The largest absolute Gasteiger partial charge is 0.426 e. The summed E-state index contributed by atoms with van der Waals surface area (Å²) in [4.78, 5) is 10.8. The lowest BCUT2D eigenvalue weighted by molar-refractivity contribution is -0.131. The van der Waals surface area contributed by atoms with Gasteiger partial charge in [0.15, 0.2) is 0 Å². The highest BCUT2D eigenvalue weighted by Gasteiger charge is 2.04. The number of carbonyl (C=O) groups excluding carboxylic acids is 1. The van der Waals surface area contributed by atoms with Crippen molar-refractivity contribution in [1.82, 2.24) is 0 Å². The minimum absolute atomic E-state index is 0.146. The molecule has 0 amide bonds. The molecular weight excluding hydrogens is 279 g/mol. The van der Waals surface area contributed by atoms with Crippen molar-refractivity contribution >= 4 is 45.1 Å². The Bertz CT molecular complexity index is 328. The molecule has 0 fully saturated rings. The van der Waals surface area contributed by atoms with Crippen molar-refractivity contribution in [2.75, 3.05) is 5.33 Å². The fourth-order valence-electron chi connectivity index (χ4n) is 0.699. The van der Waals surface area contributed by atoms with Crippen molar-refractivity contribution in [3.05, 3.63) is 28.2 Å². The van der Waals surface area contributed by atoms with Gasteiger partial charge in [0, 0.05) is 6.07 Å². The van der Waals surface area contributed by atoms with Crippen LogP contribution in [0.4, 0.5) is 0 Å². The first-order chi connectivity index (χ1) is 6.13. The molecule has 13 heavy (non-hydrogen) atoms. The lowest BCUT2D eigenvalue weighted by atomic mass is 10.3. The molecule has 0 saturated heterocycles. The average Bonchev–Trinajstić information content (AvgIpc) is 2.11. The van der Waals surface area contributed by atoms with Gasteiger partial charge in [0.2, 0.25) is 0 Å². The van der Waals surface area contributed by atoms with Crippen LogP contribution in [0, 0.1) is 0 Å². The summed E-state index contributed by atoms with van der Waals surface area (Å²) in [6.45, 7) is 0. The van der Waals surface area contributed by atoms with Gasteiger partial charge in [0.05, 0.1) is 10.0 Å². The van der Waals surface area contributed by atoms with Crippen LogP contribution in [0.25, 0.3) is 0 Å². The average molecular weight is 284 g/mol. The Morgan fingerprint density at radius 1 is 1.38 bits per heavy atom. The molecule has 2 nitrogen and oxygen atoms in total. The van der Waals surface area contributed by atoms with Gasteiger partial charge in [-0.15, -0.1) is 0 Å². The van der Waals surface area contributed by atoms with E-state index in [4.69, 9.17) is 27.9 Å². The summed E-state index contributed by atoms with van der Waals surface area (Å²) >= 11 is 14.3. The molecule has 1 aromatic rings. The van der Waals surface area contributed by atoms with Gasteiger partial charge in [-0.1, -0.05) is 39.1 Å². The van der Waals surface area contributed by atoms with Gasteiger partial charge in [-0.3, -0.25) is 4.79 Å². The van der Waals surface area contributed by atoms with E-state index in [1.54, 1.807) is 12.1 Å². The van der Waals surface area contributed by atoms with Crippen LogP contribution < -0.4 is 4.74 Å².